The molecule has 20 heavy (non-hydrogen) atoms. The smallest absolute Gasteiger partial charge is 0.0537 e. The van der Waals surface area contributed by atoms with Crippen molar-refractivity contribution in [3.63, 3.8) is 0 Å². The second-order valence-electron chi connectivity index (χ2n) is 5.44. The lowest BCUT2D eigenvalue weighted by atomic mass is 10.0. The minimum absolute atomic E-state index is 1.12. The van der Waals surface area contributed by atoms with Crippen molar-refractivity contribution in [1.82, 2.24) is 4.57 Å². The van der Waals surface area contributed by atoms with Crippen LogP contribution < -0.4 is 0 Å². The number of aromatic nitrogens is 1. The first-order valence-electron chi connectivity index (χ1n) is 7.21. The molecule has 1 heterocycles. The van der Waals surface area contributed by atoms with E-state index in [1.807, 2.05) is 0 Å². The summed E-state index contributed by atoms with van der Waals surface area (Å²) in [5, 5.41) is 1.36. The first-order chi connectivity index (χ1) is 9.86. The van der Waals surface area contributed by atoms with Crippen LogP contribution >= 0.6 is 0 Å². The molecule has 0 saturated heterocycles. The highest BCUT2D eigenvalue weighted by atomic mass is 15.0. The Morgan fingerprint density at radius 2 is 1.75 bits per heavy atom. The molecular weight excluding hydrogens is 242 g/mol. The summed E-state index contributed by atoms with van der Waals surface area (Å²) in [5.74, 6) is 0. The molecule has 0 amide bonds. The zero-order chi connectivity index (χ0) is 13.5. The van der Waals surface area contributed by atoms with Gasteiger partial charge in [0, 0.05) is 22.3 Å². The second-order valence-corrected chi connectivity index (χ2v) is 5.44. The zero-order valence-corrected chi connectivity index (χ0v) is 11.6. The van der Waals surface area contributed by atoms with Crippen molar-refractivity contribution in [1.29, 1.82) is 0 Å². The van der Waals surface area contributed by atoms with Crippen LogP contribution in [0.1, 0.15) is 23.2 Å². The minimum Gasteiger partial charge on any atom is -0.313 e. The van der Waals surface area contributed by atoms with Gasteiger partial charge in [0.05, 0.1) is 5.52 Å². The van der Waals surface area contributed by atoms with Gasteiger partial charge in [-0.2, -0.15) is 0 Å². The van der Waals surface area contributed by atoms with Crippen LogP contribution in [0.3, 0.4) is 0 Å². The van der Waals surface area contributed by atoms with Gasteiger partial charge < -0.3 is 4.57 Å². The van der Waals surface area contributed by atoms with E-state index in [0.29, 0.717) is 0 Å². The Kier molecular flexibility index (Phi) is 2.53. The molecule has 0 bridgehead atoms. The maximum atomic E-state index is 2.45. The van der Waals surface area contributed by atoms with Gasteiger partial charge >= 0.3 is 0 Å². The Hall–Kier alpha value is -2.28. The zero-order valence-electron chi connectivity index (χ0n) is 11.6. The summed E-state index contributed by atoms with van der Waals surface area (Å²) in [4.78, 5) is 0. The molecule has 1 nitrogen and oxygen atoms in total. The molecule has 4 rings (SSSR count). The number of benzene rings is 2. The van der Waals surface area contributed by atoms with Crippen LogP contribution in [-0.4, -0.2) is 4.57 Å². The lowest BCUT2D eigenvalue weighted by molar-refractivity contribution is 0.885. The summed E-state index contributed by atoms with van der Waals surface area (Å²) in [6.07, 6.45) is 6.83. The molecule has 3 aromatic rings. The highest BCUT2D eigenvalue weighted by Crippen LogP contribution is 2.34. The van der Waals surface area contributed by atoms with Crippen molar-refractivity contribution in [2.75, 3.05) is 0 Å². The number of para-hydroxylation sites is 2. The van der Waals surface area contributed by atoms with Gasteiger partial charge in [-0.25, -0.2) is 0 Å². The van der Waals surface area contributed by atoms with Crippen molar-refractivity contribution in [3.05, 3.63) is 71.4 Å². The highest BCUT2D eigenvalue weighted by Gasteiger charge is 2.18. The fraction of sp³-hybridized carbons (Fsp3) is 0.158. The van der Waals surface area contributed by atoms with Gasteiger partial charge in [-0.15, -0.1) is 0 Å². The van der Waals surface area contributed by atoms with Crippen molar-refractivity contribution < 1.29 is 0 Å². The monoisotopic (exact) mass is 259 g/mol. The number of rotatable bonds is 1. The van der Waals surface area contributed by atoms with E-state index in [1.165, 1.54) is 33.4 Å². The normalized spacial score (nSPS) is 13.7. The third kappa shape index (κ3) is 1.56. The van der Waals surface area contributed by atoms with Gasteiger partial charge in [-0.05, 0) is 37.5 Å². The number of hydrogen-bond donors (Lipinski definition) is 0. The van der Waals surface area contributed by atoms with Crippen molar-refractivity contribution in [2.24, 2.45) is 0 Å². The summed E-state index contributed by atoms with van der Waals surface area (Å²) in [7, 11) is 0. The topological polar surface area (TPSA) is 4.93 Å². The standard InChI is InChI=1S/C19H17N/c1-14-8-2-5-11-17(14)20-18-12-6-3-9-15(18)16-10-4-7-13-19(16)20/h2-6,8-12H,7,13H2,1H3. The molecule has 1 aliphatic rings. The lowest BCUT2D eigenvalue weighted by Gasteiger charge is -2.15. The molecule has 0 spiro atoms. The number of allylic oxidation sites excluding steroid dienone is 1. The van der Waals surface area contributed by atoms with Crippen molar-refractivity contribution in [2.45, 2.75) is 19.8 Å². The van der Waals surface area contributed by atoms with Crippen molar-refractivity contribution >= 4 is 17.0 Å². The molecule has 1 aromatic heterocycles. The molecule has 0 atom stereocenters. The summed E-state index contributed by atoms with van der Waals surface area (Å²) in [5.41, 5.74) is 6.79. The first kappa shape index (κ1) is 11.5. The van der Waals surface area contributed by atoms with E-state index in [9.17, 15) is 0 Å². The number of nitrogens with zero attached hydrogens (tertiary/aromatic N) is 1. The average Bonchev–Trinajstić information content (AvgIpc) is 2.83. The SMILES string of the molecule is Cc1ccccc1-n1c2c(c3ccccc31)C=CCC2. The predicted octanol–water partition coefficient (Wildman–Crippen LogP) is 4.90. The fourth-order valence-electron chi connectivity index (χ4n) is 3.26. The largest absolute Gasteiger partial charge is 0.313 e. The van der Waals surface area contributed by atoms with Crippen LogP contribution in [0.4, 0.5) is 0 Å². The molecule has 0 saturated carbocycles. The van der Waals surface area contributed by atoms with E-state index in [2.05, 4.69) is 72.2 Å². The maximum absolute atomic E-state index is 2.45. The van der Waals surface area contributed by atoms with Gasteiger partial charge in [0.1, 0.15) is 0 Å². The lowest BCUT2D eigenvalue weighted by Crippen LogP contribution is -2.04. The molecule has 98 valence electrons. The minimum atomic E-state index is 1.12. The first-order valence-corrected chi connectivity index (χ1v) is 7.21. The molecule has 1 aliphatic carbocycles. The Morgan fingerprint density at radius 3 is 2.65 bits per heavy atom. The number of aryl methyl sites for hydroxylation is 1. The van der Waals surface area contributed by atoms with Crippen LogP contribution in [0.25, 0.3) is 22.7 Å². The van der Waals surface area contributed by atoms with E-state index in [1.54, 1.807) is 0 Å². The predicted molar refractivity (Wildman–Crippen MR) is 85.4 cm³/mol. The highest BCUT2D eigenvalue weighted by molar-refractivity contribution is 5.93. The Bertz CT molecular complexity index is 821. The van der Waals surface area contributed by atoms with Crippen LogP contribution in [0.15, 0.2) is 54.6 Å². The van der Waals surface area contributed by atoms with Gasteiger partial charge in [-0.1, -0.05) is 48.6 Å². The van der Waals surface area contributed by atoms with E-state index >= 15 is 0 Å². The quantitative estimate of drug-likeness (QED) is 0.586. The summed E-state index contributed by atoms with van der Waals surface area (Å²) in [6, 6.07) is 17.4. The molecular formula is C19H17N. The van der Waals surface area contributed by atoms with Crippen molar-refractivity contribution in [3.8, 4) is 5.69 Å². The summed E-state index contributed by atoms with van der Waals surface area (Å²) in [6.45, 7) is 2.19. The fourth-order valence-corrected chi connectivity index (χ4v) is 3.26. The molecule has 1 heteroatoms. The Morgan fingerprint density at radius 1 is 0.950 bits per heavy atom. The second kappa shape index (κ2) is 4.38. The number of fused-ring (bicyclic) bond motifs is 3. The van der Waals surface area contributed by atoms with Gasteiger partial charge in [0.2, 0.25) is 0 Å². The van der Waals surface area contributed by atoms with Gasteiger partial charge in [-0.3, -0.25) is 0 Å². The summed E-state index contributed by atoms with van der Waals surface area (Å²) >= 11 is 0. The molecule has 0 N–H and O–H groups in total. The Balaban J connectivity index is 2.14. The van der Waals surface area contributed by atoms with Crippen LogP contribution in [-0.2, 0) is 6.42 Å². The average molecular weight is 259 g/mol. The maximum Gasteiger partial charge on any atom is 0.0537 e. The third-order valence-electron chi connectivity index (χ3n) is 4.20. The van der Waals surface area contributed by atoms with Crippen LogP contribution in [0, 0.1) is 6.92 Å². The van der Waals surface area contributed by atoms with Crippen LogP contribution in [0.2, 0.25) is 0 Å². The van der Waals surface area contributed by atoms with E-state index in [-0.39, 0.29) is 0 Å². The van der Waals surface area contributed by atoms with Gasteiger partial charge in [0.25, 0.3) is 0 Å². The van der Waals surface area contributed by atoms with E-state index < -0.39 is 0 Å². The van der Waals surface area contributed by atoms with E-state index in [4.69, 9.17) is 0 Å². The number of hydrogen-bond acceptors (Lipinski definition) is 0. The Labute approximate surface area is 119 Å². The van der Waals surface area contributed by atoms with Gasteiger partial charge in [0.15, 0.2) is 0 Å². The third-order valence-corrected chi connectivity index (χ3v) is 4.20. The van der Waals surface area contributed by atoms with Crippen LogP contribution in [0.5, 0.6) is 0 Å². The molecule has 0 fully saturated rings. The molecule has 2 aromatic carbocycles. The van der Waals surface area contributed by atoms with E-state index in [0.717, 1.165) is 12.8 Å². The molecule has 0 radical (unpaired) electrons. The molecule has 0 unspecified atom stereocenters. The molecule has 0 aliphatic heterocycles. The summed E-state index contributed by atoms with van der Waals surface area (Å²) < 4.78 is 2.45.